The van der Waals surface area contributed by atoms with Gasteiger partial charge in [0.15, 0.2) is 11.6 Å². The van der Waals surface area contributed by atoms with E-state index in [1.54, 1.807) is 7.11 Å². The number of aliphatic hydroxyl groups is 1. The lowest BCUT2D eigenvalue weighted by molar-refractivity contribution is -0.128. The molecular formula is C31H36N2O5. The molecule has 1 heterocycles. The van der Waals surface area contributed by atoms with Crippen molar-refractivity contribution in [2.24, 2.45) is 4.99 Å². The molecule has 0 bridgehead atoms. The fourth-order valence-electron chi connectivity index (χ4n) is 4.53. The molecule has 2 N–H and O–H groups in total. The van der Waals surface area contributed by atoms with Crippen LogP contribution in [0.3, 0.4) is 0 Å². The second-order valence-corrected chi connectivity index (χ2v) is 9.34. The summed E-state index contributed by atoms with van der Waals surface area (Å²) in [6, 6.07) is 25.0. The summed E-state index contributed by atoms with van der Waals surface area (Å²) in [6.45, 7) is 3.18. The Morgan fingerprint density at radius 1 is 1.03 bits per heavy atom. The number of rotatable bonds is 13. The lowest BCUT2D eigenvalue weighted by atomic mass is 9.82. The van der Waals surface area contributed by atoms with Crippen molar-refractivity contribution in [1.82, 2.24) is 5.32 Å². The highest BCUT2D eigenvalue weighted by Crippen LogP contribution is 2.43. The smallest absolute Gasteiger partial charge is 0.252 e. The van der Waals surface area contributed by atoms with Crippen LogP contribution in [0.2, 0.25) is 0 Å². The first kappa shape index (κ1) is 27.2. The van der Waals surface area contributed by atoms with Gasteiger partial charge >= 0.3 is 0 Å². The minimum absolute atomic E-state index is 0.0816. The number of ether oxygens (including phenoxy) is 3. The Bertz CT molecular complexity index is 1210. The topological polar surface area (TPSA) is 89.4 Å². The van der Waals surface area contributed by atoms with E-state index in [1.165, 1.54) is 0 Å². The average molecular weight is 517 g/mol. The molecule has 0 saturated carbocycles. The molecule has 2 atom stereocenters. The van der Waals surface area contributed by atoms with Crippen molar-refractivity contribution in [2.75, 3.05) is 26.9 Å². The molecule has 0 aliphatic carbocycles. The highest BCUT2D eigenvalue weighted by molar-refractivity contribution is 6.01. The zero-order valence-electron chi connectivity index (χ0n) is 22.1. The van der Waals surface area contributed by atoms with Gasteiger partial charge < -0.3 is 24.6 Å². The molecule has 0 unspecified atom stereocenters. The largest absolute Gasteiger partial charge is 0.497 e. The minimum atomic E-state index is -1.22. The average Bonchev–Trinajstić information content (AvgIpc) is 3.34. The molecule has 0 fully saturated rings. The predicted molar refractivity (Wildman–Crippen MR) is 148 cm³/mol. The Kier molecular flexibility index (Phi) is 9.38. The van der Waals surface area contributed by atoms with Crippen LogP contribution in [-0.2, 0) is 16.0 Å². The molecule has 38 heavy (non-hydrogen) atoms. The maximum atomic E-state index is 14.0. The Labute approximate surface area is 224 Å². The third-order valence-electron chi connectivity index (χ3n) is 6.56. The van der Waals surface area contributed by atoms with Crippen molar-refractivity contribution < 1.29 is 24.1 Å². The predicted octanol–water partition coefficient (Wildman–Crippen LogP) is 4.87. The Morgan fingerprint density at radius 2 is 1.82 bits per heavy atom. The summed E-state index contributed by atoms with van der Waals surface area (Å²) < 4.78 is 17.7. The molecule has 0 spiro atoms. The van der Waals surface area contributed by atoms with Crippen molar-refractivity contribution >= 4 is 11.8 Å². The van der Waals surface area contributed by atoms with Crippen LogP contribution in [0.5, 0.6) is 11.5 Å². The lowest BCUT2D eigenvalue weighted by Gasteiger charge is -2.31. The first-order valence-corrected chi connectivity index (χ1v) is 13.2. The molecule has 7 nitrogen and oxygen atoms in total. The Hall–Kier alpha value is -3.84. The first-order chi connectivity index (χ1) is 18.6. The molecule has 3 aromatic rings. The second kappa shape index (κ2) is 13.1. The van der Waals surface area contributed by atoms with E-state index < -0.39 is 11.6 Å². The van der Waals surface area contributed by atoms with E-state index in [-0.39, 0.29) is 12.5 Å². The van der Waals surface area contributed by atoms with E-state index in [0.717, 1.165) is 29.5 Å². The summed E-state index contributed by atoms with van der Waals surface area (Å²) in [6.07, 6.45) is 2.14. The number of benzene rings is 3. The third-order valence-corrected chi connectivity index (χ3v) is 6.56. The van der Waals surface area contributed by atoms with E-state index in [0.29, 0.717) is 43.4 Å². The number of unbranched alkanes of at least 4 members (excludes halogenated alkanes) is 1. The van der Waals surface area contributed by atoms with Gasteiger partial charge in [-0.3, -0.25) is 4.79 Å². The summed E-state index contributed by atoms with van der Waals surface area (Å²) >= 11 is 0. The van der Waals surface area contributed by atoms with Gasteiger partial charge in [0.05, 0.1) is 13.7 Å². The van der Waals surface area contributed by atoms with Crippen LogP contribution < -0.4 is 14.8 Å². The van der Waals surface area contributed by atoms with E-state index >= 15 is 0 Å². The molecule has 1 amide bonds. The molecule has 200 valence electrons. The maximum absolute atomic E-state index is 14.0. The van der Waals surface area contributed by atoms with Crippen LogP contribution >= 0.6 is 0 Å². The quantitative estimate of drug-likeness (QED) is 0.316. The number of aliphatic imine (C=N–C) groups is 1. The molecule has 3 aromatic carbocycles. The molecule has 7 heteroatoms. The number of aliphatic hydroxyl groups excluding tert-OH is 1. The lowest BCUT2D eigenvalue weighted by Crippen LogP contribution is -2.50. The highest BCUT2D eigenvalue weighted by Gasteiger charge is 2.53. The Balaban J connectivity index is 1.76. The zero-order chi connectivity index (χ0) is 26.8. The summed E-state index contributed by atoms with van der Waals surface area (Å²) in [5, 5.41) is 12.1. The monoisotopic (exact) mass is 516 g/mol. The second-order valence-electron chi connectivity index (χ2n) is 9.34. The van der Waals surface area contributed by atoms with E-state index in [9.17, 15) is 4.79 Å². The van der Waals surface area contributed by atoms with Gasteiger partial charge in [0.1, 0.15) is 11.5 Å². The van der Waals surface area contributed by atoms with Gasteiger partial charge in [-0.05, 0) is 53.9 Å². The molecule has 0 saturated heterocycles. The number of hydrogen-bond donors (Lipinski definition) is 2. The number of hydrogen-bond acceptors (Lipinski definition) is 6. The number of carbonyl (C=O) groups excluding carboxylic acids is 1. The van der Waals surface area contributed by atoms with E-state index in [4.69, 9.17) is 24.3 Å². The summed E-state index contributed by atoms with van der Waals surface area (Å²) in [7, 11) is 1.62. The fourth-order valence-corrected chi connectivity index (χ4v) is 4.53. The molecule has 0 aromatic heterocycles. The third kappa shape index (κ3) is 6.34. The Morgan fingerprint density at radius 3 is 2.53 bits per heavy atom. The normalized spacial score (nSPS) is 18.4. The van der Waals surface area contributed by atoms with Crippen molar-refractivity contribution in [2.45, 2.75) is 44.2 Å². The summed E-state index contributed by atoms with van der Waals surface area (Å²) in [5.74, 6) is 1.62. The molecule has 0 radical (unpaired) electrons. The van der Waals surface area contributed by atoms with Crippen molar-refractivity contribution in [3.05, 3.63) is 95.6 Å². The molecule has 1 aliphatic rings. The number of amides is 1. The van der Waals surface area contributed by atoms with Crippen LogP contribution in [-0.4, -0.2) is 49.3 Å². The number of nitrogens with one attached hydrogen (secondary N) is 1. The van der Waals surface area contributed by atoms with Crippen LogP contribution in [0.4, 0.5) is 0 Å². The first-order valence-electron chi connectivity index (χ1n) is 13.2. The highest BCUT2D eigenvalue weighted by atomic mass is 16.5. The van der Waals surface area contributed by atoms with Gasteiger partial charge in [-0.25, -0.2) is 4.99 Å². The van der Waals surface area contributed by atoms with Crippen molar-refractivity contribution in [1.29, 1.82) is 0 Å². The van der Waals surface area contributed by atoms with E-state index in [2.05, 4.69) is 12.2 Å². The van der Waals surface area contributed by atoms with Gasteiger partial charge in [-0.15, -0.1) is 0 Å². The minimum Gasteiger partial charge on any atom is -0.497 e. The van der Waals surface area contributed by atoms with Crippen LogP contribution in [0.15, 0.2) is 83.9 Å². The SMILES string of the molecule is CCCCNC(=O)[C@]1(Cc2ccccc2)N=C(c2ccc(OCCCO)cc2)O[C@@H]1c1cccc(OC)c1. The van der Waals surface area contributed by atoms with Gasteiger partial charge in [0.25, 0.3) is 5.91 Å². The van der Waals surface area contributed by atoms with E-state index in [1.807, 2.05) is 78.9 Å². The molecule has 1 aliphatic heterocycles. The van der Waals surface area contributed by atoms with Gasteiger partial charge in [-0.1, -0.05) is 55.8 Å². The van der Waals surface area contributed by atoms with Crippen LogP contribution in [0, 0.1) is 0 Å². The standard InChI is InChI=1S/C31H36N2O5/c1-3-4-18-32-30(35)31(22-23-10-6-5-7-11-23)28(25-12-8-13-27(21-25)36-2)38-29(33-31)24-14-16-26(17-15-24)37-20-9-19-34/h5-8,10-17,21,28,34H,3-4,9,18-20,22H2,1-2H3,(H,32,35)/t28-,31-/m1/s1. The number of methoxy groups -OCH3 is 1. The zero-order valence-corrected chi connectivity index (χ0v) is 22.1. The van der Waals surface area contributed by atoms with Crippen LogP contribution in [0.1, 0.15) is 49.0 Å². The van der Waals surface area contributed by atoms with Crippen molar-refractivity contribution in [3.63, 3.8) is 0 Å². The van der Waals surface area contributed by atoms with Gasteiger partial charge in [0, 0.05) is 31.6 Å². The van der Waals surface area contributed by atoms with Gasteiger partial charge in [0.2, 0.25) is 5.90 Å². The number of carbonyl (C=O) groups is 1. The maximum Gasteiger partial charge on any atom is 0.252 e. The number of nitrogens with zero attached hydrogens (tertiary/aromatic N) is 1. The van der Waals surface area contributed by atoms with Gasteiger partial charge in [-0.2, -0.15) is 0 Å². The fraction of sp³-hybridized carbons (Fsp3) is 0.355. The summed E-state index contributed by atoms with van der Waals surface area (Å²) in [4.78, 5) is 19.0. The molecular weight excluding hydrogens is 480 g/mol. The van der Waals surface area contributed by atoms with Crippen LogP contribution in [0.25, 0.3) is 0 Å². The molecule has 4 rings (SSSR count). The summed E-state index contributed by atoms with van der Waals surface area (Å²) in [5.41, 5.74) is 1.34. The van der Waals surface area contributed by atoms with Crippen molar-refractivity contribution in [3.8, 4) is 11.5 Å².